The number of aliphatic imine (C=N–C) groups is 2. The number of benzene rings is 7. The predicted octanol–water partition coefficient (Wildman–Crippen LogP) is 18.8. The standard InChI is InChI=1S/C60H58F8N4/c1-29(2)41-23-37(24-42(30(3)4)57(41)69-27-45-47(61)49(63)51(65)53(67)59(45)71-55-33(9)17-15-18-34(55)10)39-21-13-14-22-40(39)38-25-43(31(5)6)58(44(26-38)32(7)8)70-28-46-48(62)50(64)52(66)54(68)60(46)72-56-35(11)19-16-20-36(56)12/h13-32,71-72H,1-12H3. The molecular formula is C60H58F8N4. The quantitative estimate of drug-likeness (QED) is 0.0494. The van der Waals surface area contributed by atoms with Crippen molar-refractivity contribution in [3.8, 4) is 22.3 Å². The molecule has 7 rings (SSSR count). The van der Waals surface area contributed by atoms with Gasteiger partial charge in [-0.1, -0.05) is 116 Å². The number of para-hydroxylation sites is 2. The molecule has 0 atom stereocenters. The highest BCUT2D eigenvalue weighted by atomic mass is 19.2. The van der Waals surface area contributed by atoms with Gasteiger partial charge in [0.15, 0.2) is 46.5 Å². The Morgan fingerprint density at radius 3 is 0.917 bits per heavy atom. The van der Waals surface area contributed by atoms with E-state index in [2.05, 4.69) is 10.6 Å². The molecule has 0 amide bonds. The molecular weight excluding hydrogens is 929 g/mol. The van der Waals surface area contributed by atoms with Crippen molar-refractivity contribution in [1.82, 2.24) is 0 Å². The molecule has 2 N–H and O–H groups in total. The first-order valence-corrected chi connectivity index (χ1v) is 24.0. The molecule has 0 saturated heterocycles. The fourth-order valence-corrected chi connectivity index (χ4v) is 9.03. The predicted molar refractivity (Wildman–Crippen MR) is 279 cm³/mol. The Hall–Kier alpha value is -7.08. The van der Waals surface area contributed by atoms with E-state index in [1.807, 2.05) is 104 Å². The maximum atomic E-state index is 15.8. The van der Waals surface area contributed by atoms with E-state index in [0.717, 1.165) is 56.9 Å². The highest BCUT2D eigenvalue weighted by Gasteiger charge is 2.28. The average molecular weight is 987 g/mol. The number of hydrogen-bond acceptors (Lipinski definition) is 4. The van der Waals surface area contributed by atoms with Crippen molar-refractivity contribution in [1.29, 1.82) is 0 Å². The van der Waals surface area contributed by atoms with Gasteiger partial charge >= 0.3 is 0 Å². The molecule has 7 aromatic carbocycles. The van der Waals surface area contributed by atoms with Gasteiger partial charge in [0.2, 0.25) is 0 Å². The molecule has 0 fully saturated rings. The average Bonchev–Trinajstić information content (AvgIpc) is 3.34. The molecule has 4 nitrogen and oxygen atoms in total. The Kier molecular flexibility index (Phi) is 15.6. The van der Waals surface area contributed by atoms with Crippen LogP contribution >= 0.6 is 0 Å². The van der Waals surface area contributed by atoms with E-state index in [0.29, 0.717) is 45.0 Å². The monoisotopic (exact) mass is 986 g/mol. The van der Waals surface area contributed by atoms with Crippen LogP contribution in [-0.4, -0.2) is 12.4 Å². The van der Waals surface area contributed by atoms with Gasteiger partial charge in [0.25, 0.3) is 0 Å². The molecule has 12 heteroatoms. The van der Waals surface area contributed by atoms with E-state index >= 15 is 17.6 Å². The molecule has 374 valence electrons. The van der Waals surface area contributed by atoms with Gasteiger partial charge in [-0.3, -0.25) is 9.98 Å². The summed E-state index contributed by atoms with van der Waals surface area (Å²) in [4.78, 5) is 9.51. The normalized spacial score (nSPS) is 12.0. The number of halogens is 8. The van der Waals surface area contributed by atoms with Gasteiger partial charge in [-0.2, -0.15) is 0 Å². The van der Waals surface area contributed by atoms with Crippen LogP contribution in [0.2, 0.25) is 0 Å². The SMILES string of the molecule is Cc1cccc(C)c1Nc1c(F)c(F)c(F)c(F)c1C=Nc1c(C(C)C)cc(-c2ccccc2-c2cc(C(C)C)c(N=Cc3c(F)c(F)c(F)c(F)c3Nc3c(C)cccc3C)c(C(C)C)c2)cc1C(C)C. The van der Waals surface area contributed by atoms with Gasteiger partial charge in [-0.05, 0) is 142 Å². The van der Waals surface area contributed by atoms with E-state index in [1.54, 1.807) is 64.1 Å². The van der Waals surface area contributed by atoms with Crippen molar-refractivity contribution in [2.24, 2.45) is 9.98 Å². The number of nitrogens with zero attached hydrogens (tertiary/aromatic N) is 2. The lowest BCUT2D eigenvalue weighted by molar-refractivity contribution is 0.410. The van der Waals surface area contributed by atoms with Crippen LogP contribution in [0.1, 0.15) is 135 Å². The number of rotatable bonds is 14. The minimum absolute atomic E-state index is 0.151. The molecule has 72 heavy (non-hydrogen) atoms. The van der Waals surface area contributed by atoms with E-state index < -0.39 is 69.0 Å². The maximum Gasteiger partial charge on any atom is 0.199 e. The van der Waals surface area contributed by atoms with Crippen LogP contribution < -0.4 is 10.6 Å². The van der Waals surface area contributed by atoms with E-state index in [9.17, 15) is 17.6 Å². The topological polar surface area (TPSA) is 48.8 Å². The molecule has 0 heterocycles. The number of nitrogens with one attached hydrogen (secondary N) is 2. The largest absolute Gasteiger partial charge is 0.352 e. The molecule has 0 aliphatic rings. The van der Waals surface area contributed by atoms with E-state index in [4.69, 9.17) is 9.98 Å². The van der Waals surface area contributed by atoms with Gasteiger partial charge in [0.05, 0.1) is 33.9 Å². The van der Waals surface area contributed by atoms with Crippen molar-refractivity contribution in [3.63, 3.8) is 0 Å². The smallest absolute Gasteiger partial charge is 0.199 e. The van der Waals surface area contributed by atoms with Crippen LogP contribution in [-0.2, 0) is 0 Å². The molecule has 7 aromatic rings. The van der Waals surface area contributed by atoms with Crippen LogP contribution in [0.3, 0.4) is 0 Å². The minimum Gasteiger partial charge on any atom is -0.352 e. The highest BCUT2D eigenvalue weighted by Crippen LogP contribution is 2.45. The zero-order valence-electron chi connectivity index (χ0n) is 42.5. The van der Waals surface area contributed by atoms with Crippen molar-refractivity contribution < 1.29 is 35.1 Å². The molecule has 0 aliphatic heterocycles. The Balaban J connectivity index is 1.37. The second-order valence-corrected chi connectivity index (χ2v) is 19.6. The van der Waals surface area contributed by atoms with Crippen molar-refractivity contribution in [3.05, 3.63) is 187 Å². The number of aryl methyl sites for hydroxylation is 4. The third-order valence-corrected chi connectivity index (χ3v) is 13.1. The van der Waals surface area contributed by atoms with Crippen LogP contribution in [0.15, 0.2) is 94.9 Å². The first kappa shape index (κ1) is 52.7. The summed E-state index contributed by atoms with van der Waals surface area (Å²) in [5.74, 6) is -14.7. The Morgan fingerprint density at radius 2 is 0.639 bits per heavy atom. The zero-order valence-corrected chi connectivity index (χ0v) is 42.5. The van der Waals surface area contributed by atoms with Crippen molar-refractivity contribution >= 4 is 46.6 Å². The van der Waals surface area contributed by atoms with Gasteiger partial charge in [-0.15, -0.1) is 0 Å². The summed E-state index contributed by atoms with van der Waals surface area (Å²) in [6.45, 7) is 22.9. The summed E-state index contributed by atoms with van der Waals surface area (Å²) < 4.78 is 123. The fourth-order valence-electron chi connectivity index (χ4n) is 9.03. The van der Waals surface area contributed by atoms with Crippen molar-refractivity contribution in [2.75, 3.05) is 10.6 Å². The van der Waals surface area contributed by atoms with E-state index in [1.165, 1.54) is 0 Å². The Morgan fingerprint density at radius 1 is 0.361 bits per heavy atom. The Labute approximate surface area is 417 Å². The summed E-state index contributed by atoms with van der Waals surface area (Å²) in [7, 11) is 0. The third-order valence-electron chi connectivity index (χ3n) is 13.1. The second kappa shape index (κ2) is 21.3. The third kappa shape index (κ3) is 10.2. The molecule has 0 spiro atoms. The van der Waals surface area contributed by atoms with Gasteiger partial charge < -0.3 is 10.6 Å². The number of hydrogen-bond donors (Lipinski definition) is 2. The summed E-state index contributed by atoms with van der Waals surface area (Å²) in [6, 6.07) is 26.4. The molecule has 0 radical (unpaired) electrons. The van der Waals surface area contributed by atoms with Crippen LogP contribution in [0.25, 0.3) is 22.3 Å². The van der Waals surface area contributed by atoms with Crippen molar-refractivity contribution in [2.45, 2.75) is 107 Å². The van der Waals surface area contributed by atoms with Crippen LogP contribution in [0.4, 0.5) is 69.2 Å². The summed E-state index contributed by atoms with van der Waals surface area (Å²) in [5.41, 5.74) is 8.56. The zero-order chi connectivity index (χ0) is 52.6. The van der Waals surface area contributed by atoms with Crippen LogP contribution in [0.5, 0.6) is 0 Å². The molecule has 0 unspecified atom stereocenters. The lowest BCUT2D eigenvalue weighted by atomic mass is 9.84. The fraction of sp³-hybridized carbons (Fsp3) is 0.267. The summed E-state index contributed by atoms with van der Waals surface area (Å²) in [6.07, 6.45) is 2.09. The molecule has 0 aromatic heterocycles. The van der Waals surface area contributed by atoms with Crippen LogP contribution in [0, 0.1) is 74.2 Å². The van der Waals surface area contributed by atoms with Gasteiger partial charge in [0.1, 0.15) is 0 Å². The summed E-state index contributed by atoms with van der Waals surface area (Å²) >= 11 is 0. The highest BCUT2D eigenvalue weighted by molar-refractivity contribution is 5.95. The van der Waals surface area contributed by atoms with Gasteiger partial charge in [-0.25, -0.2) is 35.1 Å². The maximum absolute atomic E-state index is 15.8. The number of anilines is 4. The molecule has 0 bridgehead atoms. The second-order valence-electron chi connectivity index (χ2n) is 19.6. The van der Waals surface area contributed by atoms with E-state index in [-0.39, 0.29) is 23.7 Å². The summed E-state index contributed by atoms with van der Waals surface area (Å²) in [5, 5.41) is 5.67. The Bertz CT molecular complexity index is 2980. The lowest BCUT2D eigenvalue weighted by Gasteiger charge is -2.22. The van der Waals surface area contributed by atoms with Gasteiger partial charge in [0, 0.05) is 23.8 Å². The lowest BCUT2D eigenvalue weighted by Crippen LogP contribution is -2.09. The first-order valence-electron chi connectivity index (χ1n) is 24.0. The first-order chi connectivity index (χ1) is 34.0. The molecule has 0 aliphatic carbocycles. The molecule has 0 saturated carbocycles. The minimum atomic E-state index is -1.95.